The second kappa shape index (κ2) is 9.00. The topological polar surface area (TPSA) is 62.7 Å². The fourth-order valence-corrected chi connectivity index (χ4v) is 5.01. The molecule has 0 aliphatic carbocycles. The summed E-state index contributed by atoms with van der Waals surface area (Å²) in [5.41, 5.74) is 3.82. The third-order valence-corrected chi connectivity index (χ3v) is 6.65. The number of rotatable bonds is 4. The molecular formula is C27H25ClN2O3. The average molecular weight is 461 g/mol. The summed E-state index contributed by atoms with van der Waals surface area (Å²) in [6, 6.07) is 13.2. The average Bonchev–Trinajstić information content (AvgIpc) is 3.13. The standard InChI is InChI=1S/C27H25ClN2O3/c1-17-12-23(31)21(16-30-11-3-2-9-22(30)19-7-5-10-29-15-19)27-25(17)26(32)24(33-27)14-18-6-4-8-20(28)13-18/h4-8,10,12-15,22,31H,2-3,9,11,16H2,1H3/b24-14-/t22-/m0/s1. The minimum atomic E-state index is -0.175. The third kappa shape index (κ3) is 4.26. The Balaban J connectivity index is 1.50. The Labute approximate surface area is 198 Å². The number of ether oxygens (including phenoxy) is 1. The maximum absolute atomic E-state index is 13.2. The van der Waals surface area contributed by atoms with Crippen LogP contribution >= 0.6 is 11.6 Å². The molecule has 1 atom stereocenters. The van der Waals surface area contributed by atoms with Crippen LogP contribution in [-0.2, 0) is 6.54 Å². The van der Waals surface area contributed by atoms with Crippen LogP contribution in [0.5, 0.6) is 11.5 Å². The van der Waals surface area contributed by atoms with Crippen molar-refractivity contribution in [3.63, 3.8) is 0 Å². The van der Waals surface area contributed by atoms with Crippen LogP contribution in [0, 0.1) is 6.92 Å². The number of pyridine rings is 1. The largest absolute Gasteiger partial charge is 0.507 e. The van der Waals surface area contributed by atoms with E-state index in [2.05, 4.69) is 16.0 Å². The van der Waals surface area contributed by atoms with Crippen molar-refractivity contribution in [2.45, 2.75) is 38.8 Å². The number of likely N-dealkylation sites (tertiary alicyclic amines) is 1. The molecule has 0 spiro atoms. The molecule has 1 N–H and O–H groups in total. The molecule has 2 aliphatic rings. The Morgan fingerprint density at radius 3 is 2.91 bits per heavy atom. The first kappa shape index (κ1) is 21.7. The molecule has 3 heterocycles. The molecule has 1 fully saturated rings. The first-order chi connectivity index (χ1) is 16.0. The zero-order valence-electron chi connectivity index (χ0n) is 18.4. The molecule has 0 unspecified atom stereocenters. The van der Waals surface area contributed by atoms with E-state index >= 15 is 0 Å². The van der Waals surface area contributed by atoms with Crippen molar-refractivity contribution in [2.75, 3.05) is 6.54 Å². The van der Waals surface area contributed by atoms with Gasteiger partial charge < -0.3 is 9.84 Å². The van der Waals surface area contributed by atoms with Crippen LogP contribution in [0.3, 0.4) is 0 Å². The molecular weight excluding hydrogens is 436 g/mol. The quantitative estimate of drug-likeness (QED) is 0.477. The summed E-state index contributed by atoms with van der Waals surface area (Å²) in [5, 5.41) is 11.5. The van der Waals surface area contributed by atoms with Crippen molar-refractivity contribution in [3.8, 4) is 11.5 Å². The normalized spacial score (nSPS) is 19.5. The number of hydrogen-bond acceptors (Lipinski definition) is 5. The zero-order chi connectivity index (χ0) is 22.9. The van der Waals surface area contributed by atoms with Gasteiger partial charge in [-0.05, 0) is 73.3 Å². The molecule has 3 aromatic rings. The summed E-state index contributed by atoms with van der Waals surface area (Å²) >= 11 is 6.10. The van der Waals surface area contributed by atoms with E-state index in [4.69, 9.17) is 16.3 Å². The van der Waals surface area contributed by atoms with Gasteiger partial charge in [0, 0.05) is 30.0 Å². The van der Waals surface area contributed by atoms with Gasteiger partial charge in [-0.15, -0.1) is 0 Å². The molecule has 5 nitrogen and oxygen atoms in total. The summed E-state index contributed by atoms with van der Waals surface area (Å²) in [6.07, 6.45) is 8.66. The number of Topliss-reactive ketones (excluding diaryl/α,β-unsaturated/α-hetero) is 1. The highest BCUT2D eigenvalue weighted by molar-refractivity contribution is 6.30. The molecule has 0 bridgehead atoms. The Hall–Kier alpha value is -3.15. The van der Waals surface area contributed by atoms with E-state index in [1.807, 2.05) is 31.3 Å². The number of hydrogen-bond donors (Lipinski definition) is 1. The Kier molecular flexibility index (Phi) is 5.92. The number of aromatic hydroxyl groups is 1. The van der Waals surface area contributed by atoms with Crippen LogP contribution in [-0.4, -0.2) is 27.3 Å². The van der Waals surface area contributed by atoms with E-state index in [9.17, 15) is 9.90 Å². The zero-order valence-corrected chi connectivity index (χ0v) is 19.2. The van der Waals surface area contributed by atoms with Crippen molar-refractivity contribution >= 4 is 23.5 Å². The van der Waals surface area contributed by atoms with Gasteiger partial charge in [-0.3, -0.25) is 14.7 Å². The SMILES string of the molecule is Cc1cc(O)c(CN2CCCC[C@H]2c2cccnc2)c2c1C(=O)/C(=C/c1cccc(Cl)c1)O2. The summed E-state index contributed by atoms with van der Waals surface area (Å²) in [6.45, 7) is 3.22. The second-order valence-electron chi connectivity index (χ2n) is 8.66. The van der Waals surface area contributed by atoms with Gasteiger partial charge in [0.05, 0.1) is 11.1 Å². The highest BCUT2D eigenvalue weighted by Gasteiger charge is 2.35. The number of aromatic nitrogens is 1. The van der Waals surface area contributed by atoms with Crippen molar-refractivity contribution in [1.29, 1.82) is 0 Å². The molecule has 0 amide bonds. The van der Waals surface area contributed by atoms with Gasteiger partial charge in [-0.2, -0.15) is 0 Å². The van der Waals surface area contributed by atoms with Gasteiger partial charge in [0.1, 0.15) is 11.5 Å². The Morgan fingerprint density at radius 1 is 1.24 bits per heavy atom. The maximum atomic E-state index is 13.2. The van der Waals surface area contributed by atoms with Crippen molar-refractivity contribution in [2.24, 2.45) is 0 Å². The summed E-state index contributed by atoms with van der Waals surface area (Å²) < 4.78 is 6.11. The first-order valence-electron chi connectivity index (χ1n) is 11.2. The van der Waals surface area contributed by atoms with E-state index in [1.165, 1.54) is 5.56 Å². The molecule has 2 aliphatic heterocycles. The molecule has 33 heavy (non-hydrogen) atoms. The molecule has 0 saturated carbocycles. The van der Waals surface area contributed by atoms with Crippen LogP contribution in [0.2, 0.25) is 5.02 Å². The van der Waals surface area contributed by atoms with Crippen LogP contribution in [0.15, 0.2) is 60.6 Å². The number of carbonyl (C=O) groups excluding carboxylic acids is 1. The number of piperidine rings is 1. The number of phenolic OH excluding ortho intramolecular Hbond substituents is 1. The predicted molar refractivity (Wildman–Crippen MR) is 128 cm³/mol. The smallest absolute Gasteiger partial charge is 0.232 e. The van der Waals surface area contributed by atoms with Gasteiger partial charge in [-0.25, -0.2) is 0 Å². The van der Waals surface area contributed by atoms with E-state index in [1.54, 1.807) is 30.5 Å². The molecule has 0 radical (unpaired) electrons. The highest BCUT2D eigenvalue weighted by Crippen LogP contribution is 2.44. The number of halogens is 1. The minimum absolute atomic E-state index is 0.151. The molecule has 5 rings (SSSR count). The lowest BCUT2D eigenvalue weighted by Gasteiger charge is -2.36. The molecule has 1 saturated heterocycles. The van der Waals surface area contributed by atoms with E-state index in [0.29, 0.717) is 34.0 Å². The summed E-state index contributed by atoms with van der Waals surface area (Å²) in [7, 11) is 0. The van der Waals surface area contributed by atoms with Crippen molar-refractivity contribution in [3.05, 3.63) is 93.5 Å². The van der Waals surface area contributed by atoms with E-state index in [0.717, 1.165) is 31.4 Å². The maximum Gasteiger partial charge on any atom is 0.232 e. The first-order valence-corrected chi connectivity index (χ1v) is 11.6. The lowest BCUT2D eigenvalue weighted by molar-refractivity contribution is 0.101. The molecule has 2 aromatic carbocycles. The fourth-order valence-electron chi connectivity index (χ4n) is 4.81. The minimum Gasteiger partial charge on any atom is -0.507 e. The van der Waals surface area contributed by atoms with Crippen LogP contribution in [0.1, 0.15) is 57.9 Å². The van der Waals surface area contributed by atoms with Gasteiger partial charge in [0.15, 0.2) is 5.76 Å². The van der Waals surface area contributed by atoms with Crippen LogP contribution in [0.4, 0.5) is 0 Å². The number of allylic oxidation sites excluding steroid dienone is 1. The molecule has 1 aromatic heterocycles. The lowest BCUT2D eigenvalue weighted by atomic mass is 9.94. The number of phenols is 1. The van der Waals surface area contributed by atoms with Gasteiger partial charge >= 0.3 is 0 Å². The number of carbonyl (C=O) groups is 1. The van der Waals surface area contributed by atoms with Crippen LogP contribution in [0.25, 0.3) is 6.08 Å². The monoisotopic (exact) mass is 460 g/mol. The number of aryl methyl sites for hydroxylation is 1. The Bertz CT molecular complexity index is 1240. The number of ketones is 1. The van der Waals surface area contributed by atoms with Crippen molar-refractivity contribution in [1.82, 2.24) is 9.88 Å². The van der Waals surface area contributed by atoms with Gasteiger partial charge in [-0.1, -0.05) is 36.2 Å². The van der Waals surface area contributed by atoms with Crippen LogP contribution < -0.4 is 4.74 Å². The van der Waals surface area contributed by atoms with E-state index < -0.39 is 0 Å². The number of nitrogens with zero attached hydrogens (tertiary/aromatic N) is 2. The molecule has 168 valence electrons. The number of benzene rings is 2. The molecule has 6 heteroatoms. The second-order valence-corrected chi connectivity index (χ2v) is 9.09. The third-order valence-electron chi connectivity index (χ3n) is 6.41. The summed E-state index contributed by atoms with van der Waals surface area (Å²) in [4.78, 5) is 19.9. The van der Waals surface area contributed by atoms with Gasteiger partial charge in [0.2, 0.25) is 5.78 Å². The predicted octanol–water partition coefficient (Wildman–Crippen LogP) is 6.09. The summed E-state index contributed by atoms with van der Waals surface area (Å²) in [5.74, 6) is 0.677. The lowest BCUT2D eigenvalue weighted by Crippen LogP contribution is -2.33. The van der Waals surface area contributed by atoms with E-state index in [-0.39, 0.29) is 23.3 Å². The Morgan fingerprint density at radius 2 is 2.12 bits per heavy atom. The fraction of sp³-hybridized carbons (Fsp3) is 0.259. The van der Waals surface area contributed by atoms with Crippen molar-refractivity contribution < 1.29 is 14.6 Å². The number of fused-ring (bicyclic) bond motifs is 1. The highest BCUT2D eigenvalue weighted by atomic mass is 35.5. The van der Waals surface area contributed by atoms with Gasteiger partial charge in [0.25, 0.3) is 0 Å².